The minimum atomic E-state index is -3.54. The average molecular weight is 350 g/mol. The van der Waals surface area contributed by atoms with Crippen LogP contribution in [0.5, 0.6) is 0 Å². The number of nitrogens with one attached hydrogen (secondary N) is 1. The van der Waals surface area contributed by atoms with Gasteiger partial charge < -0.3 is 10.6 Å². The lowest BCUT2D eigenvalue weighted by molar-refractivity contribution is 0.392. The highest BCUT2D eigenvalue weighted by Crippen LogP contribution is 2.22. The number of benzene rings is 1. The van der Waals surface area contributed by atoms with E-state index in [-0.39, 0.29) is 23.8 Å². The second-order valence-corrected chi connectivity index (χ2v) is 7.50. The first-order valence-corrected chi connectivity index (χ1v) is 8.70. The minimum absolute atomic E-state index is 0. The van der Waals surface area contributed by atoms with Crippen LogP contribution in [0.2, 0.25) is 0 Å². The molecule has 0 aliphatic heterocycles. The number of halogens is 1. The molecule has 128 valence electrons. The monoisotopic (exact) mass is 349 g/mol. The summed E-state index contributed by atoms with van der Waals surface area (Å²) in [7, 11) is 0.245. The van der Waals surface area contributed by atoms with Gasteiger partial charge in [0.25, 0.3) is 0 Å². The van der Waals surface area contributed by atoms with E-state index in [1.165, 1.54) is 0 Å². The van der Waals surface area contributed by atoms with Gasteiger partial charge in [0, 0.05) is 31.9 Å². The molecule has 0 spiro atoms. The third kappa shape index (κ3) is 5.12. The zero-order valence-corrected chi connectivity index (χ0v) is 15.6. The smallest absolute Gasteiger partial charge is 0.240 e. The molecule has 0 fully saturated rings. The van der Waals surface area contributed by atoms with Crippen molar-refractivity contribution >= 4 is 28.1 Å². The second-order valence-electron chi connectivity index (χ2n) is 5.74. The molecule has 1 rings (SSSR count). The predicted octanol–water partition coefficient (Wildman–Crippen LogP) is 2.28. The molecule has 7 heteroatoms. The van der Waals surface area contributed by atoms with Gasteiger partial charge in [-0.3, -0.25) is 0 Å². The maximum atomic E-state index is 12.4. The Bertz CT molecular complexity index is 584. The highest BCUT2D eigenvalue weighted by Gasteiger charge is 2.24. The van der Waals surface area contributed by atoms with Crippen LogP contribution in [0, 0.1) is 6.92 Å². The lowest BCUT2D eigenvalue weighted by Crippen LogP contribution is -2.49. The predicted molar refractivity (Wildman–Crippen MR) is 95.4 cm³/mol. The van der Waals surface area contributed by atoms with Crippen molar-refractivity contribution in [2.24, 2.45) is 5.73 Å². The zero-order valence-electron chi connectivity index (χ0n) is 14.0. The van der Waals surface area contributed by atoms with E-state index < -0.39 is 15.6 Å². The third-order valence-electron chi connectivity index (χ3n) is 4.00. The van der Waals surface area contributed by atoms with Crippen molar-refractivity contribution in [3.05, 3.63) is 23.8 Å². The van der Waals surface area contributed by atoms with Crippen molar-refractivity contribution in [2.75, 3.05) is 25.5 Å². The fourth-order valence-corrected chi connectivity index (χ4v) is 3.22. The molecule has 0 heterocycles. The van der Waals surface area contributed by atoms with Gasteiger partial charge in [0.1, 0.15) is 0 Å². The molecule has 5 nitrogen and oxygen atoms in total. The second kappa shape index (κ2) is 8.15. The molecule has 0 radical (unpaired) electrons. The van der Waals surface area contributed by atoms with Crippen LogP contribution in [0.15, 0.2) is 23.1 Å². The topological polar surface area (TPSA) is 75.4 Å². The van der Waals surface area contributed by atoms with Crippen LogP contribution in [0.25, 0.3) is 0 Å². The summed E-state index contributed by atoms with van der Waals surface area (Å²) in [6.07, 6.45) is 1.45. The molecule has 0 saturated carbocycles. The summed E-state index contributed by atoms with van der Waals surface area (Å²) < 4.78 is 27.5. The molecule has 0 aliphatic carbocycles. The number of hydrogen-bond acceptors (Lipinski definition) is 4. The van der Waals surface area contributed by atoms with E-state index >= 15 is 0 Å². The Labute approximate surface area is 140 Å². The van der Waals surface area contributed by atoms with Gasteiger partial charge >= 0.3 is 0 Å². The van der Waals surface area contributed by atoms with Crippen molar-refractivity contribution < 1.29 is 8.42 Å². The first-order valence-electron chi connectivity index (χ1n) is 7.21. The van der Waals surface area contributed by atoms with Gasteiger partial charge in [0.2, 0.25) is 10.0 Å². The summed E-state index contributed by atoms with van der Waals surface area (Å²) in [5.41, 5.74) is 7.58. The van der Waals surface area contributed by atoms with Crippen LogP contribution in [-0.2, 0) is 10.0 Å². The van der Waals surface area contributed by atoms with Gasteiger partial charge in [0.15, 0.2) is 0 Å². The van der Waals surface area contributed by atoms with Crippen LogP contribution >= 0.6 is 12.4 Å². The Morgan fingerprint density at radius 1 is 1.23 bits per heavy atom. The fraction of sp³-hybridized carbons (Fsp3) is 0.600. The van der Waals surface area contributed by atoms with Gasteiger partial charge in [-0.1, -0.05) is 19.9 Å². The molecular weight excluding hydrogens is 322 g/mol. The van der Waals surface area contributed by atoms with Crippen LogP contribution in [0.4, 0.5) is 5.69 Å². The van der Waals surface area contributed by atoms with Crippen LogP contribution in [0.1, 0.15) is 32.3 Å². The molecule has 0 aromatic heterocycles. The first kappa shape index (κ1) is 21.2. The molecule has 0 amide bonds. The molecule has 22 heavy (non-hydrogen) atoms. The number of aryl methyl sites for hydroxylation is 1. The van der Waals surface area contributed by atoms with E-state index in [9.17, 15) is 8.42 Å². The summed E-state index contributed by atoms with van der Waals surface area (Å²) in [5.74, 6) is 0. The highest BCUT2D eigenvalue weighted by molar-refractivity contribution is 7.89. The lowest BCUT2D eigenvalue weighted by Gasteiger charge is -2.27. The van der Waals surface area contributed by atoms with E-state index in [0.717, 1.165) is 24.1 Å². The molecule has 1 aromatic rings. The zero-order chi connectivity index (χ0) is 16.3. The fourth-order valence-electron chi connectivity index (χ4n) is 2.06. The number of rotatable bonds is 7. The van der Waals surface area contributed by atoms with Crippen LogP contribution in [-0.4, -0.2) is 34.6 Å². The van der Waals surface area contributed by atoms with E-state index in [1.807, 2.05) is 45.8 Å². The molecule has 1 aromatic carbocycles. The quantitative estimate of drug-likeness (QED) is 0.791. The minimum Gasteiger partial charge on any atom is -0.377 e. The molecule has 0 atom stereocenters. The Morgan fingerprint density at radius 2 is 1.77 bits per heavy atom. The third-order valence-corrected chi connectivity index (χ3v) is 5.39. The summed E-state index contributed by atoms with van der Waals surface area (Å²) in [6, 6.07) is 5.13. The summed E-state index contributed by atoms with van der Waals surface area (Å²) in [6.45, 7) is 6.13. The Hall–Kier alpha value is -0.820. The molecule has 0 bridgehead atoms. The maximum absolute atomic E-state index is 12.4. The normalized spacial score (nSPS) is 11.9. The summed E-state index contributed by atoms with van der Waals surface area (Å²) >= 11 is 0. The van der Waals surface area contributed by atoms with Gasteiger partial charge in [-0.2, -0.15) is 0 Å². The van der Waals surface area contributed by atoms with Crippen molar-refractivity contribution in [3.63, 3.8) is 0 Å². The highest BCUT2D eigenvalue weighted by atomic mass is 35.5. The van der Waals surface area contributed by atoms with E-state index in [1.54, 1.807) is 12.1 Å². The molecule has 0 saturated heterocycles. The Morgan fingerprint density at radius 3 is 2.23 bits per heavy atom. The molecule has 3 N–H and O–H groups in total. The van der Waals surface area contributed by atoms with Crippen molar-refractivity contribution in [2.45, 2.75) is 44.0 Å². The average Bonchev–Trinajstić information content (AvgIpc) is 2.45. The number of nitrogens with zero attached hydrogens (tertiary/aromatic N) is 1. The summed E-state index contributed by atoms with van der Waals surface area (Å²) in [4.78, 5) is 2.17. The van der Waals surface area contributed by atoms with Crippen molar-refractivity contribution in [3.8, 4) is 0 Å². The largest absolute Gasteiger partial charge is 0.377 e. The van der Waals surface area contributed by atoms with E-state index in [0.29, 0.717) is 0 Å². The Balaban J connectivity index is 0.00000441. The number of nitrogens with two attached hydrogens (primary N) is 1. The number of anilines is 1. The van der Waals surface area contributed by atoms with E-state index in [4.69, 9.17) is 5.73 Å². The van der Waals surface area contributed by atoms with Crippen LogP contribution in [0.3, 0.4) is 0 Å². The molecular formula is C15H28ClN3O2S. The first-order chi connectivity index (χ1) is 9.65. The van der Waals surface area contributed by atoms with Gasteiger partial charge in [-0.15, -0.1) is 12.4 Å². The molecule has 0 aliphatic rings. The van der Waals surface area contributed by atoms with E-state index in [2.05, 4.69) is 4.72 Å². The number of hydrogen-bond donors (Lipinski definition) is 2. The lowest BCUT2D eigenvalue weighted by atomic mass is 9.95. The van der Waals surface area contributed by atoms with Crippen LogP contribution < -0.4 is 15.4 Å². The number of sulfonamides is 1. The van der Waals surface area contributed by atoms with Gasteiger partial charge in [0.05, 0.1) is 4.90 Å². The van der Waals surface area contributed by atoms with Gasteiger partial charge in [-0.25, -0.2) is 13.1 Å². The SMILES string of the molecule is CCC(N)(CC)CNS(=O)(=O)c1ccc(C)c(N(C)C)c1.Cl. The standard InChI is InChI=1S/C15H27N3O2S.ClH/c1-6-15(16,7-2)11-17-21(19,20)13-9-8-12(3)14(10-13)18(4)5;/h8-10,17H,6-7,11,16H2,1-5H3;1H. The summed E-state index contributed by atoms with van der Waals surface area (Å²) in [5, 5.41) is 0. The van der Waals surface area contributed by atoms with Crippen molar-refractivity contribution in [1.29, 1.82) is 0 Å². The van der Waals surface area contributed by atoms with Crippen molar-refractivity contribution in [1.82, 2.24) is 4.72 Å². The van der Waals surface area contributed by atoms with Gasteiger partial charge in [-0.05, 0) is 37.5 Å². The Kier molecular flexibility index (Phi) is 7.85. The molecule has 0 unspecified atom stereocenters. The maximum Gasteiger partial charge on any atom is 0.240 e.